The lowest BCUT2D eigenvalue weighted by Crippen LogP contribution is -2.16. The second-order valence-electron chi connectivity index (χ2n) is 4.80. The van der Waals surface area contributed by atoms with Gasteiger partial charge in [0.15, 0.2) is 0 Å². The highest BCUT2D eigenvalue weighted by molar-refractivity contribution is 7.92. The van der Waals surface area contributed by atoms with Crippen LogP contribution in [0.15, 0.2) is 41.3 Å². The zero-order valence-electron chi connectivity index (χ0n) is 12.1. The van der Waals surface area contributed by atoms with Crippen molar-refractivity contribution < 1.29 is 8.42 Å². The Labute approximate surface area is 130 Å². The monoisotopic (exact) mass is 324 g/mol. The number of hydrogen-bond acceptors (Lipinski definition) is 3. The molecule has 0 bridgehead atoms. The molecule has 0 saturated carbocycles. The maximum atomic E-state index is 12.6. The van der Waals surface area contributed by atoms with Gasteiger partial charge in [0.25, 0.3) is 10.0 Å². The Kier molecular flexibility index (Phi) is 4.44. The molecule has 0 aliphatic heterocycles. The summed E-state index contributed by atoms with van der Waals surface area (Å²) in [6.45, 7) is 3.56. The van der Waals surface area contributed by atoms with Gasteiger partial charge in [-0.1, -0.05) is 11.6 Å². The van der Waals surface area contributed by atoms with Gasteiger partial charge in [0.2, 0.25) is 0 Å². The highest BCUT2D eigenvalue weighted by Crippen LogP contribution is 2.26. The van der Waals surface area contributed by atoms with Crippen LogP contribution in [0.1, 0.15) is 11.1 Å². The van der Waals surface area contributed by atoms with E-state index in [4.69, 9.17) is 11.6 Å². The Morgan fingerprint density at radius 3 is 1.95 bits per heavy atom. The normalized spacial score (nSPS) is 11.2. The van der Waals surface area contributed by atoms with Crippen molar-refractivity contribution in [2.45, 2.75) is 18.7 Å². The average molecular weight is 325 g/mol. The standard InChI is InChI=1S/C15H17ClN2O2S/c1-10-8-14(17-3)9-11(2)15(10)21(19,20)18-13-6-4-12(16)5-7-13/h4-9,17-18H,1-3H3. The predicted molar refractivity (Wildman–Crippen MR) is 87.7 cm³/mol. The molecule has 2 aromatic carbocycles. The van der Waals surface area contributed by atoms with Gasteiger partial charge in [0, 0.05) is 23.4 Å². The number of nitrogens with one attached hydrogen (secondary N) is 2. The summed E-state index contributed by atoms with van der Waals surface area (Å²) in [5.74, 6) is 0. The van der Waals surface area contributed by atoms with Crippen molar-refractivity contribution in [3.05, 3.63) is 52.5 Å². The van der Waals surface area contributed by atoms with Crippen LogP contribution < -0.4 is 10.0 Å². The van der Waals surface area contributed by atoms with Crippen LogP contribution in [0.2, 0.25) is 5.02 Å². The lowest BCUT2D eigenvalue weighted by molar-refractivity contribution is 0.600. The van der Waals surface area contributed by atoms with Crippen molar-refractivity contribution >= 4 is 33.0 Å². The van der Waals surface area contributed by atoms with E-state index < -0.39 is 10.0 Å². The van der Waals surface area contributed by atoms with E-state index in [2.05, 4.69) is 10.0 Å². The molecule has 6 heteroatoms. The van der Waals surface area contributed by atoms with Crippen LogP contribution in [0.5, 0.6) is 0 Å². The largest absolute Gasteiger partial charge is 0.388 e. The van der Waals surface area contributed by atoms with E-state index in [9.17, 15) is 8.42 Å². The van der Waals surface area contributed by atoms with Gasteiger partial charge in [-0.05, 0) is 61.4 Å². The zero-order valence-corrected chi connectivity index (χ0v) is 13.6. The summed E-state index contributed by atoms with van der Waals surface area (Å²) in [7, 11) is -1.83. The minimum Gasteiger partial charge on any atom is -0.388 e. The topological polar surface area (TPSA) is 58.2 Å². The summed E-state index contributed by atoms with van der Waals surface area (Å²) in [6, 6.07) is 10.2. The maximum Gasteiger partial charge on any atom is 0.262 e. The van der Waals surface area contributed by atoms with Crippen LogP contribution in [0, 0.1) is 13.8 Å². The summed E-state index contributed by atoms with van der Waals surface area (Å²) in [4.78, 5) is 0.302. The van der Waals surface area contributed by atoms with Crippen LogP contribution in [0.25, 0.3) is 0 Å². The Morgan fingerprint density at radius 2 is 1.48 bits per heavy atom. The summed E-state index contributed by atoms with van der Waals surface area (Å²) in [6.07, 6.45) is 0. The number of sulfonamides is 1. The fourth-order valence-electron chi connectivity index (χ4n) is 2.24. The van der Waals surface area contributed by atoms with Gasteiger partial charge in [0.05, 0.1) is 4.90 Å². The molecule has 0 fully saturated rings. The fraction of sp³-hybridized carbons (Fsp3) is 0.200. The summed E-state index contributed by atoms with van der Waals surface area (Å²) in [5.41, 5.74) is 2.76. The fourth-order valence-corrected chi connectivity index (χ4v) is 3.88. The van der Waals surface area contributed by atoms with Crippen LogP contribution in [0.3, 0.4) is 0 Å². The number of aryl methyl sites for hydroxylation is 2. The van der Waals surface area contributed by atoms with E-state index in [0.717, 1.165) is 5.69 Å². The number of benzene rings is 2. The van der Waals surface area contributed by atoms with Crippen LogP contribution in [-0.2, 0) is 10.0 Å². The van der Waals surface area contributed by atoms with E-state index in [1.165, 1.54) is 0 Å². The molecule has 0 aromatic heterocycles. The van der Waals surface area contributed by atoms with Gasteiger partial charge in [-0.3, -0.25) is 4.72 Å². The van der Waals surface area contributed by atoms with Gasteiger partial charge in [0.1, 0.15) is 0 Å². The van der Waals surface area contributed by atoms with Gasteiger partial charge < -0.3 is 5.32 Å². The molecule has 2 rings (SSSR count). The van der Waals surface area contributed by atoms with Gasteiger partial charge in [-0.15, -0.1) is 0 Å². The third-order valence-electron chi connectivity index (χ3n) is 3.11. The molecule has 0 aliphatic rings. The van der Waals surface area contributed by atoms with Crippen LogP contribution in [-0.4, -0.2) is 15.5 Å². The molecule has 2 aromatic rings. The molecule has 0 unspecified atom stereocenters. The van der Waals surface area contributed by atoms with E-state index in [1.54, 1.807) is 45.2 Å². The summed E-state index contributed by atoms with van der Waals surface area (Å²) < 4.78 is 27.7. The Balaban J connectivity index is 2.42. The average Bonchev–Trinajstić information content (AvgIpc) is 2.39. The van der Waals surface area contributed by atoms with Crippen molar-refractivity contribution in [1.29, 1.82) is 0 Å². The summed E-state index contributed by atoms with van der Waals surface area (Å²) >= 11 is 5.80. The third kappa shape index (κ3) is 3.49. The number of halogens is 1. The molecule has 0 atom stereocenters. The molecule has 112 valence electrons. The molecule has 2 N–H and O–H groups in total. The lowest BCUT2D eigenvalue weighted by Gasteiger charge is -2.14. The number of anilines is 2. The molecule has 0 amide bonds. The second-order valence-corrected chi connectivity index (χ2v) is 6.86. The SMILES string of the molecule is CNc1cc(C)c(S(=O)(=O)Nc2ccc(Cl)cc2)c(C)c1. The minimum atomic E-state index is -3.63. The molecule has 4 nitrogen and oxygen atoms in total. The van der Waals surface area contributed by atoms with Gasteiger partial charge in [-0.2, -0.15) is 0 Å². The van der Waals surface area contributed by atoms with E-state index in [0.29, 0.717) is 26.7 Å². The molecule has 0 saturated heterocycles. The van der Waals surface area contributed by atoms with E-state index in [1.807, 2.05) is 12.1 Å². The van der Waals surface area contributed by atoms with Crippen molar-refractivity contribution in [2.24, 2.45) is 0 Å². The third-order valence-corrected chi connectivity index (χ3v) is 5.05. The van der Waals surface area contributed by atoms with Gasteiger partial charge >= 0.3 is 0 Å². The van der Waals surface area contributed by atoms with E-state index >= 15 is 0 Å². The first-order chi connectivity index (χ1) is 9.83. The molecule has 21 heavy (non-hydrogen) atoms. The van der Waals surface area contributed by atoms with Crippen LogP contribution >= 0.6 is 11.6 Å². The minimum absolute atomic E-state index is 0.302. The molecule has 0 aliphatic carbocycles. The van der Waals surface area contributed by atoms with Crippen molar-refractivity contribution in [2.75, 3.05) is 17.1 Å². The summed E-state index contributed by atoms with van der Waals surface area (Å²) in [5, 5.41) is 3.57. The number of rotatable bonds is 4. The Hall–Kier alpha value is -1.72. The molecular weight excluding hydrogens is 308 g/mol. The highest BCUT2D eigenvalue weighted by atomic mass is 35.5. The van der Waals surface area contributed by atoms with Crippen LogP contribution in [0.4, 0.5) is 11.4 Å². The lowest BCUT2D eigenvalue weighted by atomic mass is 10.1. The molecule has 0 heterocycles. The first-order valence-electron chi connectivity index (χ1n) is 6.41. The first kappa shape index (κ1) is 15.7. The Bertz CT molecular complexity index is 733. The van der Waals surface area contributed by atoms with Crippen molar-refractivity contribution in [1.82, 2.24) is 0 Å². The molecule has 0 spiro atoms. The van der Waals surface area contributed by atoms with Crippen molar-refractivity contribution in [3.63, 3.8) is 0 Å². The Morgan fingerprint density at radius 1 is 0.952 bits per heavy atom. The smallest absolute Gasteiger partial charge is 0.262 e. The molecular formula is C15H17ClN2O2S. The van der Waals surface area contributed by atoms with E-state index in [-0.39, 0.29) is 0 Å². The van der Waals surface area contributed by atoms with Crippen molar-refractivity contribution in [3.8, 4) is 0 Å². The maximum absolute atomic E-state index is 12.6. The molecule has 0 radical (unpaired) electrons. The quantitative estimate of drug-likeness (QED) is 0.899. The first-order valence-corrected chi connectivity index (χ1v) is 8.27. The number of hydrogen-bond donors (Lipinski definition) is 2. The highest BCUT2D eigenvalue weighted by Gasteiger charge is 2.20. The van der Waals surface area contributed by atoms with Gasteiger partial charge in [-0.25, -0.2) is 8.42 Å². The zero-order chi connectivity index (χ0) is 15.6. The predicted octanol–water partition coefficient (Wildman–Crippen LogP) is 3.80. The second kappa shape index (κ2) is 5.95.